The smallest absolute Gasteiger partial charge is 0.317 e. The summed E-state index contributed by atoms with van der Waals surface area (Å²) in [5.41, 5.74) is 2.44. The Morgan fingerprint density at radius 1 is 1.03 bits per heavy atom. The van der Waals surface area contributed by atoms with Crippen LogP contribution in [-0.4, -0.2) is 36.4 Å². The Hall–Kier alpha value is -1.36. The number of carbonyl (C=O) groups is 2. The lowest BCUT2D eigenvalue weighted by Crippen LogP contribution is -2.51. The highest BCUT2D eigenvalue weighted by atomic mass is 16.6. The second-order valence-electron chi connectivity index (χ2n) is 13.8. The predicted octanol–water partition coefficient (Wildman–Crippen LogP) is 7.43. The molecule has 0 radical (unpaired) electrons. The van der Waals surface area contributed by atoms with Gasteiger partial charge in [-0.2, -0.15) is 0 Å². The minimum atomic E-state index is -1.16. The Labute approximate surface area is 225 Å². The van der Waals surface area contributed by atoms with Gasteiger partial charge in [0.2, 0.25) is 0 Å². The summed E-state index contributed by atoms with van der Waals surface area (Å²) in [7, 11) is 0. The van der Waals surface area contributed by atoms with E-state index in [9.17, 15) is 9.59 Å². The van der Waals surface area contributed by atoms with Crippen molar-refractivity contribution in [3.8, 4) is 0 Å². The molecule has 0 heterocycles. The summed E-state index contributed by atoms with van der Waals surface area (Å²) in [6.07, 6.45) is 16.5. The van der Waals surface area contributed by atoms with Crippen LogP contribution in [0.5, 0.6) is 0 Å². The number of hydrogen-bond acceptors (Lipinski definition) is 4. The Balaban J connectivity index is 1.33. The van der Waals surface area contributed by atoms with Crippen LogP contribution in [0.4, 0.5) is 0 Å². The summed E-state index contributed by atoms with van der Waals surface area (Å²) in [5, 5.41) is 8.67. The molecule has 0 aromatic heterocycles. The molecule has 1 N–H and O–H groups in total. The highest BCUT2D eigenvalue weighted by Crippen LogP contribution is 2.67. The third kappa shape index (κ3) is 6.12. The van der Waals surface area contributed by atoms with E-state index in [1.165, 1.54) is 57.8 Å². The van der Waals surface area contributed by atoms with Gasteiger partial charge in [0.1, 0.15) is 13.0 Å². The summed E-state index contributed by atoms with van der Waals surface area (Å²) >= 11 is 0. The average molecular weight is 517 g/mol. The van der Waals surface area contributed by atoms with Crippen molar-refractivity contribution in [1.82, 2.24) is 0 Å². The van der Waals surface area contributed by atoms with Crippen molar-refractivity contribution in [2.75, 3.05) is 13.2 Å². The Bertz CT molecular complexity index is 848. The standard InChI is InChI=1S/C32H52O5/c1-21(2)7-6-8-22(3)26-11-12-27-25-10-9-23-19-24(36-17-18-37-30(35)20-29(33)34)13-15-31(23,4)28(25)14-16-32(26,27)5/h9,21-22,24-28H,6-8,10-20H2,1-5H3,(H,33,34)/t22-,24+,25+,26-,27+,28+,31+,32-/m1/s1. The zero-order chi connectivity index (χ0) is 26.8. The molecule has 5 nitrogen and oxygen atoms in total. The Morgan fingerprint density at radius 2 is 1.81 bits per heavy atom. The number of rotatable bonds is 11. The predicted molar refractivity (Wildman–Crippen MR) is 146 cm³/mol. The van der Waals surface area contributed by atoms with Crippen LogP contribution in [-0.2, 0) is 19.1 Å². The molecule has 3 saturated carbocycles. The van der Waals surface area contributed by atoms with E-state index in [0.717, 1.165) is 48.3 Å². The molecule has 0 aromatic rings. The highest BCUT2D eigenvalue weighted by Gasteiger charge is 2.59. The number of fused-ring (bicyclic) bond motifs is 5. The number of aliphatic carboxylic acids is 1. The number of allylic oxidation sites excluding steroid dienone is 1. The SMILES string of the molecule is CC(C)CCC[C@@H](C)[C@H]1CC[C@H]2[C@@H]3CC=C4C[C@@H](OCCOC(=O)CC(=O)O)CC[C@]4(C)[C@H]3CC[C@]12C. The average Bonchev–Trinajstić information content (AvgIpc) is 3.18. The first-order valence-corrected chi connectivity index (χ1v) is 15.2. The van der Waals surface area contributed by atoms with Crippen LogP contribution >= 0.6 is 0 Å². The molecule has 8 atom stereocenters. The van der Waals surface area contributed by atoms with E-state index < -0.39 is 18.4 Å². The molecule has 4 aliphatic rings. The van der Waals surface area contributed by atoms with E-state index in [2.05, 4.69) is 40.7 Å². The van der Waals surface area contributed by atoms with Crippen molar-refractivity contribution in [3.05, 3.63) is 11.6 Å². The number of carbonyl (C=O) groups excluding carboxylic acids is 1. The molecule has 5 heteroatoms. The summed E-state index contributed by atoms with van der Waals surface area (Å²) < 4.78 is 11.1. The summed E-state index contributed by atoms with van der Waals surface area (Å²) in [6, 6.07) is 0. The molecule has 0 saturated heterocycles. The molecule has 4 rings (SSSR count). The number of hydrogen-bond donors (Lipinski definition) is 1. The molecular weight excluding hydrogens is 464 g/mol. The minimum absolute atomic E-state index is 0.126. The first-order valence-electron chi connectivity index (χ1n) is 15.2. The van der Waals surface area contributed by atoms with E-state index in [4.69, 9.17) is 14.6 Å². The number of esters is 1. The fourth-order valence-corrected chi connectivity index (χ4v) is 9.34. The van der Waals surface area contributed by atoms with Crippen LogP contribution < -0.4 is 0 Å². The molecule has 0 bridgehead atoms. The molecule has 0 aromatic carbocycles. The van der Waals surface area contributed by atoms with Crippen molar-refractivity contribution in [3.63, 3.8) is 0 Å². The van der Waals surface area contributed by atoms with E-state index >= 15 is 0 Å². The third-order valence-electron chi connectivity index (χ3n) is 11.3. The van der Waals surface area contributed by atoms with E-state index in [-0.39, 0.29) is 12.7 Å². The van der Waals surface area contributed by atoms with Crippen molar-refractivity contribution < 1.29 is 24.2 Å². The number of carboxylic acid groups (broad SMARTS) is 1. The summed E-state index contributed by atoms with van der Waals surface area (Å²) in [4.78, 5) is 22.0. The van der Waals surface area contributed by atoms with Gasteiger partial charge in [0.15, 0.2) is 0 Å². The largest absolute Gasteiger partial charge is 0.481 e. The van der Waals surface area contributed by atoms with E-state index in [1.54, 1.807) is 5.57 Å². The van der Waals surface area contributed by atoms with Crippen LogP contribution in [0.2, 0.25) is 0 Å². The van der Waals surface area contributed by atoms with Gasteiger partial charge in [-0.1, -0.05) is 65.5 Å². The number of ether oxygens (including phenoxy) is 2. The fraction of sp³-hybridized carbons (Fsp3) is 0.875. The minimum Gasteiger partial charge on any atom is -0.481 e. The van der Waals surface area contributed by atoms with Crippen molar-refractivity contribution in [1.29, 1.82) is 0 Å². The Kier molecular flexibility index (Phi) is 9.13. The maximum Gasteiger partial charge on any atom is 0.317 e. The molecule has 210 valence electrons. The van der Waals surface area contributed by atoms with Crippen molar-refractivity contribution in [2.24, 2.45) is 46.3 Å². The second kappa shape index (κ2) is 11.8. The zero-order valence-electron chi connectivity index (χ0n) is 24.1. The van der Waals surface area contributed by atoms with Crippen LogP contribution in [0, 0.1) is 46.3 Å². The summed E-state index contributed by atoms with van der Waals surface area (Å²) in [5.74, 6) is 3.24. The molecule has 0 amide bonds. The third-order valence-corrected chi connectivity index (χ3v) is 11.3. The molecule has 37 heavy (non-hydrogen) atoms. The van der Waals surface area contributed by atoms with Gasteiger partial charge in [-0.3, -0.25) is 9.59 Å². The molecule has 0 spiro atoms. The number of carboxylic acids is 1. The molecule has 4 aliphatic carbocycles. The van der Waals surface area contributed by atoms with Gasteiger partial charge >= 0.3 is 11.9 Å². The van der Waals surface area contributed by atoms with Gasteiger partial charge in [0, 0.05) is 0 Å². The van der Waals surface area contributed by atoms with Crippen molar-refractivity contribution >= 4 is 11.9 Å². The lowest BCUT2D eigenvalue weighted by Gasteiger charge is -2.58. The quantitative estimate of drug-likeness (QED) is 0.134. The topological polar surface area (TPSA) is 72.8 Å². The monoisotopic (exact) mass is 516 g/mol. The van der Waals surface area contributed by atoms with Crippen LogP contribution in [0.3, 0.4) is 0 Å². The van der Waals surface area contributed by atoms with Crippen LogP contribution in [0.1, 0.15) is 112 Å². The lowest BCUT2D eigenvalue weighted by atomic mass is 9.47. The van der Waals surface area contributed by atoms with Gasteiger partial charge in [-0.25, -0.2) is 0 Å². The lowest BCUT2D eigenvalue weighted by molar-refractivity contribution is -0.153. The maximum absolute atomic E-state index is 11.4. The van der Waals surface area contributed by atoms with Crippen LogP contribution in [0.25, 0.3) is 0 Å². The van der Waals surface area contributed by atoms with E-state index in [0.29, 0.717) is 17.4 Å². The second-order valence-corrected chi connectivity index (χ2v) is 13.8. The molecule has 0 aliphatic heterocycles. The van der Waals surface area contributed by atoms with Crippen molar-refractivity contribution in [2.45, 2.75) is 118 Å². The van der Waals surface area contributed by atoms with Gasteiger partial charge < -0.3 is 14.6 Å². The maximum atomic E-state index is 11.4. The molecule has 0 unspecified atom stereocenters. The highest BCUT2D eigenvalue weighted by molar-refractivity contribution is 5.90. The zero-order valence-corrected chi connectivity index (χ0v) is 24.1. The van der Waals surface area contributed by atoms with E-state index in [1.807, 2.05) is 0 Å². The molecule has 3 fully saturated rings. The first-order chi connectivity index (χ1) is 17.5. The van der Waals surface area contributed by atoms with Gasteiger partial charge in [-0.15, -0.1) is 0 Å². The fourth-order valence-electron chi connectivity index (χ4n) is 9.34. The van der Waals surface area contributed by atoms with Gasteiger partial charge in [0.05, 0.1) is 12.7 Å². The summed E-state index contributed by atoms with van der Waals surface area (Å²) in [6.45, 7) is 12.9. The first kappa shape index (κ1) is 28.6. The van der Waals surface area contributed by atoms with Gasteiger partial charge in [0.25, 0.3) is 0 Å². The molecular formula is C32H52O5. The van der Waals surface area contributed by atoms with Crippen LogP contribution in [0.15, 0.2) is 11.6 Å². The van der Waals surface area contributed by atoms with Gasteiger partial charge in [-0.05, 0) is 97.7 Å². The normalized spacial score (nSPS) is 37.8. The Morgan fingerprint density at radius 3 is 2.54 bits per heavy atom.